The van der Waals surface area contributed by atoms with Crippen LogP contribution in [0.1, 0.15) is 40.1 Å². The van der Waals surface area contributed by atoms with Gasteiger partial charge in [0.15, 0.2) is 0 Å². The van der Waals surface area contributed by atoms with Crippen LogP contribution >= 0.6 is 22.7 Å². The summed E-state index contributed by atoms with van der Waals surface area (Å²) in [6.07, 6.45) is 1.13. The molecule has 1 N–H and O–H groups in total. The first kappa shape index (κ1) is 12.8. The minimum atomic E-state index is 0.380. The molecule has 2 rings (SSSR count). The van der Waals surface area contributed by atoms with Crippen molar-refractivity contribution < 1.29 is 0 Å². The van der Waals surface area contributed by atoms with E-state index < -0.39 is 0 Å². The fourth-order valence-electron chi connectivity index (χ4n) is 1.95. The molecule has 2 aromatic heterocycles. The second-order valence-electron chi connectivity index (χ2n) is 4.12. The third-order valence-corrected chi connectivity index (χ3v) is 5.27. The van der Waals surface area contributed by atoms with E-state index in [1.165, 1.54) is 20.2 Å². The number of hydrogen-bond acceptors (Lipinski definition) is 3. The molecule has 1 atom stereocenters. The first-order valence-electron chi connectivity index (χ1n) is 6.12. The van der Waals surface area contributed by atoms with Gasteiger partial charge in [0.25, 0.3) is 0 Å². The summed E-state index contributed by atoms with van der Waals surface area (Å²) >= 11 is 3.79. The van der Waals surface area contributed by atoms with E-state index in [0.717, 1.165) is 13.0 Å². The van der Waals surface area contributed by atoms with Gasteiger partial charge in [-0.15, -0.1) is 22.7 Å². The summed E-state index contributed by atoms with van der Waals surface area (Å²) in [5.41, 5.74) is 1.40. The third kappa shape index (κ3) is 2.79. The van der Waals surface area contributed by atoms with E-state index in [-0.39, 0.29) is 0 Å². The number of thiophene rings is 2. The molecular formula is C14H19NS2. The average Bonchev–Trinajstić information content (AvgIpc) is 2.95. The summed E-state index contributed by atoms with van der Waals surface area (Å²) in [5, 5.41) is 5.78. The molecule has 0 spiro atoms. The summed E-state index contributed by atoms with van der Waals surface area (Å²) in [6, 6.07) is 7.12. The first-order chi connectivity index (χ1) is 8.26. The second-order valence-corrected chi connectivity index (χ2v) is 6.26. The second kappa shape index (κ2) is 5.80. The SMILES string of the molecule is CCNC(c1ccc(CC)s1)c1sccc1C. The molecule has 0 saturated carbocycles. The lowest BCUT2D eigenvalue weighted by Crippen LogP contribution is -2.20. The van der Waals surface area contributed by atoms with Crippen molar-refractivity contribution in [2.75, 3.05) is 6.54 Å². The van der Waals surface area contributed by atoms with Crippen molar-refractivity contribution in [3.8, 4) is 0 Å². The van der Waals surface area contributed by atoms with Gasteiger partial charge in [0, 0.05) is 14.6 Å². The van der Waals surface area contributed by atoms with Gasteiger partial charge in [-0.2, -0.15) is 0 Å². The first-order valence-corrected chi connectivity index (χ1v) is 7.81. The van der Waals surface area contributed by atoms with Crippen LogP contribution < -0.4 is 5.32 Å². The van der Waals surface area contributed by atoms with E-state index in [0.29, 0.717) is 6.04 Å². The van der Waals surface area contributed by atoms with E-state index in [9.17, 15) is 0 Å². The molecule has 0 fully saturated rings. The monoisotopic (exact) mass is 265 g/mol. The zero-order valence-corrected chi connectivity index (χ0v) is 12.3. The molecule has 0 aliphatic carbocycles. The molecule has 2 heterocycles. The standard InChI is InChI=1S/C14H19NS2/c1-4-11-6-7-12(17-11)13(15-5-2)14-10(3)8-9-16-14/h6-9,13,15H,4-5H2,1-3H3. The molecule has 0 aromatic carbocycles. The third-order valence-electron chi connectivity index (χ3n) is 2.89. The summed E-state index contributed by atoms with van der Waals surface area (Å²) in [6.45, 7) is 7.59. The van der Waals surface area contributed by atoms with E-state index in [1.54, 1.807) is 0 Å². The molecule has 1 unspecified atom stereocenters. The van der Waals surface area contributed by atoms with E-state index in [2.05, 4.69) is 49.7 Å². The lowest BCUT2D eigenvalue weighted by molar-refractivity contribution is 0.646. The Labute approximate surface area is 112 Å². The molecule has 0 amide bonds. The van der Waals surface area contributed by atoms with Crippen molar-refractivity contribution in [1.29, 1.82) is 0 Å². The molecule has 0 bridgehead atoms. The highest BCUT2D eigenvalue weighted by Crippen LogP contribution is 2.33. The van der Waals surface area contributed by atoms with Gasteiger partial charge in [0.1, 0.15) is 0 Å². The molecule has 17 heavy (non-hydrogen) atoms. The Hall–Kier alpha value is -0.640. The van der Waals surface area contributed by atoms with Gasteiger partial charge >= 0.3 is 0 Å². The summed E-state index contributed by atoms with van der Waals surface area (Å²) in [7, 11) is 0. The van der Waals surface area contributed by atoms with E-state index >= 15 is 0 Å². The maximum atomic E-state index is 3.60. The smallest absolute Gasteiger partial charge is 0.0767 e. The molecule has 92 valence electrons. The van der Waals surface area contributed by atoms with Crippen LogP contribution in [0, 0.1) is 6.92 Å². The highest BCUT2D eigenvalue weighted by molar-refractivity contribution is 7.13. The van der Waals surface area contributed by atoms with Gasteiger partial charge in [0.2, 0.25) is 0 Å². The van der Waals surface area contributed by atoms with Crippen molar-refractivity contribution in [3.63, 3.8) is 0 Å². The molecule has 1 nitrogen and oxygen atoms in total. The summed E-state index contributed by atoms with van der Waals surface area (Å²) in [5.74, 6) is 0. The predicted octanol–water partition coefficient (Wildman–Crippen LogP) is 4.38. The van der Waals surface area contributed by atoms with Crippen LogP contribution in [0.5, 0.6) is 0 Å². The number of aryl methyl sites for hydroxylation is 2. The molecule has 0 aliphatic heterocycles. The van der Waals surface area contributed by atoms with Crippen LogP contribution in [-0.4, -0.2) is 6.54 Å². The Morgan fingerprint density at radius 1 is 1.24 bits per heavy atom. The van der Waals surface area contributed by atoms with Gasteiger partial charge in [-0.05, 0) is 49.0 Å². The highest BCUT2D eigenvalue weighted by Gasteiger charge is 2.17. The highest BCUT2D eigenvalue weighted by atomic mass is 32.1. The fourth-order valence-corrected chi connectivity index (χ4v) is 4.08. The lowest BCUT2D eigenvalue weighted by atomic mass is 10.1. The van der Waals surface area contributed by atoms with Gasteiger partial charge < -0.3 is 5.32 Å². The molecule has 3 heteroatoms. The van der Waals surface area contributed by atoms with Crippen molar-refractivity contribution >= 4 is 22.7 Å². The van der Waals surface area contributed by atoms with Crippen molar-refractivity contribution in [2.24, 2.45) is 0 Å². The van der Waals surface area contributed by atoms with Gasteiger partial charge in [0.05, 0.1) is 6.04 Å². The minimum Gasteiger partial charge on any atom is -0.305 e. The maximum Gasteiger partial charge on any atom is 0.0767 e. The Morgan fingerprint density at radius 2 is 2.06 bits per heavy atom. The quantitative estimate of drug-likeness (QED) is 0.846. The van der Waals surface area contributed by atoms with E-state index in [1.807, 2.05) is 22.7 Å². The number of rotatable bonds is 5. The Morgan fingerprint density at radius 3 is 2.59 bits per heavy atom. The van der Waals surface area contributed by atoms with Crippen LogP contribution in [0.3, 0.4) is 0 Å². The van der Waals surface area contributed by atoms with Crippen LogP contribution in [0.4, 0.5) is 0 Å². The Bertz CT molecular complexity index is 470. The number of nitrogens with one attached hydrogen (secondary N) is 1. The summed E-state index contributed by atoms with van der Waals surface area (Å²) < 4.78 is 0. The van der Waals surface area contributed by atoms with Crippen LogP contribution in [0.15, 0.2) is 23.6 Å². The maximum absolute atomic E-state index is 3.60. The predicted molar refractivity (Wildman–Crippen MR) is 78.3 cm³/mol. The zero-order chi connectivity index (χ0) is 12.3. The lowest BCUT2D eigenvalue weighted by Gasteiger charge is -2.16. The molecule has 0 aliphatic rings. The Kier molecular flexibility index (Phi) is 4.37. The van der Waals surface area contributed by atoms with Gasteiger partial charge in [-0.1, -0.05) is 13.8 Å². The topological polar surface area (TPSA) is 12.0 Å². The van der Waals surface area contributed by atoms with Gasteiger partial charge in [-0.25, -0.2) is 0 Å². The number of hydrogen-bond donors (Lipinski definition) is 1. The largest absolute Gasteiger partial charge is 0.305 e. The molecule has 0 radical (unpaired) electrons. The van der Waals surface area contributed by atoms with Crippen molar-refractivity contribution in [3.05, 3.63) is 43.8 Å². The molecular weight excluding hydrogens is 246 g/mol. The minimum absolute atomic E-state index is 0.380. The van der Waals surface area contributed by atoms with Gasteiger partial charge in [-0.3, -0.25) is 0 Å². The average molecular weight is 265 g/mol. The normalized spacial score (nSPS) is 12.9. The molecule has 2 aromatic rings. The zero-order valence-electron chi connectivity index (χ0n) is 10.6. The van der Waals surface area contributed by atoms with Crippen LogP contribution in [0.2, 0.25) is 0 Å². The Balaban J connectivity index is 2.32. The summed E-state index contributed by atoms with van der Waals surface area (Å²) in [4.78, 5) is 4.36. The van der Waals surface area contributed by atoms with Crippen LogP contribution in [-0.2, 0) is 6.42 Å². The van der Waals surface area contributed by atoms with E-state index in [4.69, 9.17) is 0 Å². The van der Waals surface area contributed by atoms with Crippen molar-refractivity contribution in [1.82, 2.24) is 5.32 Å². The fraction of sp³-hybridized carbons (Fsp3) is 0.429. The van der Waals surface area contributed by atoms with Crippen molar-refractivity contribution in [2.45, 2.75) is 33.2 Å². The molecule has 0 saturated heterocycles. The van der Waals surface area contributed by atoms with Crippen LogP contribution in [0.25, 0.3) is 0 Å².